The van der Waals surface area contributed by atoms with Crippen LogP contribution < -0.4 is 5.73 Å². The van der Waals surface area contributed by atoms with E-state index in [1.807, 2.05) is 18.2 Å². The second-order valence-electron chi connectivity index (χ2n) is 5.45. The van der Waals surface area contributed by atoms with Gasteiger partial charge in [-0.05, 0) is 43.0 Å². The van der Waals surface area contributed by atoms with E-state index in [4.69, 9.17) is 22.3 Å². The summed E-state index contributed by atoms with van der Waals surface area (Å²) in [6.07, 6.45) is 4.74. The van der Waals surface area contributed by atoms with Crippen molar-refractivity contribution in [3.05, 3.63) is 29.0 Å². The first-order valence-electron chi connectivity index (χ1n) is 6.44. The molecule has 4 heteroatoms. The number of aromatic nitrogens is 2. The number of nitrogens with two attached hydrogens (primary N) is 1. The third-order valence-electron chi connectivity index (χ3n) is 4.32. The van der Waals surface area contributed by atoms with Crippen LogP contribution in [0.25, 0.3) is 11.0 Å². The van der Waals surface area contributed by atoms with Crippen molar-refractivity contribution in [2.45, 2.75) is 25.7 Å². The fourth-order valence-corrected chi connectivity index (χ4v) is 3.01. The molecule has 0 saturated heterocycles. The van der Waals surface area contributed by atoms with Crippen molar-refractivity contribution >= 4 is 22.6 Å². The third kappa shape index (κ3) is 1.82. The van der Waals surface area contributed by atoms with Crippen molar-refractivity contribution in [2.75, 3.05) is 6.54 Å². The van der Waals surface area contributed by atoms with Gasteiger partial charge < -0.3 is 10.3 Å². The van der Waals surface area contributed by atoms with Gasteiger partial charge in [0.2, 0.25) is 0 Å². The topological polar surface area (TPSA) is 43.8 Å². The van der Waals surface area contributed by atoms with Gasteiger partial charge in [-0.25, -0.2) is 4.98 Å². The van der Waals surface area contributed by atoms with Crippen LogP contribution in [0, 0.1) is 5.41 Å². The van der Waals surface area contributed by atoms with Crippen molar-refractivity contribution in [1.29, 1.82) is 0 Å². The first-order chi connectivity index (χ1) is 8.63. The fourth-order valence-electron chi connectivity index (χ4n) is 2.85. The molecule has 1 heterocycles. The van der Waals surface area contributed by atoms with Gasteiger partial charge in [0.15, 0.2) is 0 Å². The zero-order valence-corrected chi connectivity index (χ0v) is 11.4. The Morgan fingerprint density at radius 3 is 2.83 bits per heavy atom. The molecule has 96 valence electrons. The summed E-state index contributed by atoms with van der Waals surface area (Å²) in [4.78, 5) is 4.71. The van der Waals surface area contributed by atoms with Gasteiger partial charge >= 0.3 is 0 Å². The number of rotatable bonds is 3. The van der Waals surface area contributed by atoms with Gasteiger partial charge in [-0.1, -0.05) is 18.0 Å². The third-order valence-corrected chi connectivity index (χ3v) is 4.55. The van der Waals surface area contributed by atoms with E-state index in [2.05, 4.69) is 11.6 Å². The lowest BCUT2D eigenvalue weighted by Gasteiger charge is -2.40. The molecule has 0 spiro atoms. The van der Waals surface area contributed by atoms with Crippen molar-refractivity contribution in [2.24, 2.45) is 18.2 Å². The first kappa shape index (κ1) is 12.0. The molecule has 1 saturated carbocycles. The molecule has 0 atom stereocenters. The van der Waals surface area contributed by atoms with E-state index in [9.17, 15) is 0 Å². The van der Waals surface area contributed by atoms with E-state index in [1.54, 1.807) is 0 Å². The Hall–Kier alpha value is -1.06. The number of hydrogen-bond donors (Lipinski definition) is 1. The van der Waals surface area contributed by atoms with E-state index in [0.29, 0.717) is 5.41 Å². The van der Waals surface area contributed by atoms with Gasteiger partial charge in [0.25, 0.3) is 0 Å². The Bertz CT molecular complexity index is 578. The number of halogens is 1. The van der Waals surface area contributed by atoms with Gasteiger partial charge in [-0.15, -0.1) is 0 Å². The largest absolute Gasteiger partial charge is 0.331 e. The van der Waals surface area contributed by atoms with Gasteiger partial charge in [-0.2, -0.15) is 0 Å². The quantitative estimate of drug-likeness (QED) is 0.925. The highest BCUT2D eigenvalue weighted by Crippen LogP contribution is 2.42. The lowest BCUT2D eigenvalue weighted by atomic mass is 9.66. The molecule has 1 aromatic heterocycles. The van der Waals surface area contributed by atoms with Crippen LogP contribution in [0.15, 0.2) is 18.2 Å². The van der Waals surface area contributed by atoms with Crippen LogP contribution in [0.2, 0.25) is 5.02 Å². The van der Waals surface area contributed by atoms with E-state index in [-0.39, 0.29) is 0 Å². The summed E-state index contributed by atoms with van der Waals surface area (Å²) in [5.41, 5.74) is 8.34. The molecule has 2 N–H and O–H groups in total. The Morgan fingerprint density at radius 2 is 2.22 bits per heavy atom. The molecular weight excluding hydrogens is 246 g/mol. The molecule has 3 nitrogen and oxygen atoms in total. The molecule has 18 heavy (non-hydrogen) atoms. The summed E-state index contributed by atoms with van der Waals surface area (Å²) in [5.74, 6) is 1.12. The molecule has 3 rings (SSSR count). The van der Waals surface area contributed by atoms with Crippen molar-refractivity contribution in [3.63, 3.8) is 0 Å². The Kier molecular flexibility index (Phi) is 2.83. The predicted octanol–water partition coefficient (Wildman–Crippen LogP) is 2.90. The Labute approximate surface area is 112 Å². The number of imidazole rings is 1. The maximum atomic E-state index is 6.01. The number of hydrogen-bond acceptors (Lipinski definition) is 2. The van der Waals surface area contributed by atoms with Crippen LogP contribution >= 0.6 is 11.6 Å². The van der Waals surface area contributed by atoms with E-state index in [1.165, 1.54) is 19.3 Å². The monoisotopic (exact) mass is 263 g/mol. The molecule has 1 aromatic carbocycles. The van der Waals surface area contributed by atoms with Gasteiger partial charge in [0.1, 0.15) is 5.82 Å². The van der Waals surface area contributed by atoms with Crippen LogP contribution in [-0.2, 0) is 13.5 Å². The van der Waals surface area contributed by atoms with Crippen LogP contribution in [-0.4, -0.2) is 16.1 Å². The second kappa shape index (κ2) is 4.25. The summed E-state index contributed by atoms with van der Waals surface area (Å²) in [6.45, 7) is 0.761. The molecule has 0 bridgehead atoms. The Balaban J connectivity index is 1.99. The minimum absolute atomic E-state index is 0.291. The molecule has 1 aliphatic carbocycles. The average molecular weight is 264 g/mol. The molecule has 0 amide bonds. The number of fused-ring (bicyclic) bond motifs is 1. The fraction of sp³-hybridized carbons (Fsp3) is 0.500. The molecule has 0 unspecified atom stereocenters. The number of aryl methyl sites for hydroxylation is 1. The Morgan fingerprint density at radius 1 is 1.44 bits per heavy atom. The van der Waals surface area contributed by atoms with Crippen molar-refractivity contribution in [1.82, 2.24) is 9.55 Å². The van der Waals surface area contributed by atoms with Crippen LogP contribution in [0.3, 0.4) is 0 Å². The molecule has 2 aromatic rings. The van der Waals surface area contributed by atoms with Gasteiger partial charge in [0.05, 0.1) is 11.0 Å². The smallest absolute Gasteiger partial charge is 0.110 e. The summed E-state index contributed by atoms with van der Waals surface area (Å²) >= 11 is 6.01. The summed E-state index contributed by atoms with van der Waals surface area (Å²) in [6, 6.07) is 5.87. The van der Waals surface area contributed by atoms with Crippen LogP contribution in [0.4, 0.5) is 0 Å². The SMILES string of the molecule is Cn1c(CC2(CN)CCC2)nc2cc(Cl)ccc21. The standard InChI is InChI=1S/C14H18ClN3/c1-18-12-4-3-10(15)7-11(12)17-13(18)8-14(9-16)5-2-6-14/h3-4,7H,2,5-6,8-9,16H2,1H3. The summed E-state index contributed by atoms with van der Waals surface area (Å²) < 4.78 is 2.17. The number of benzene rings is 1. The minimum atomic E-state index is 0.291. The van der Waals surface area contributed by atoms with E-state index in [0.717, 1.165) is 34.8 Å². The average Bonchev–Trinajstić information content (AvgIpc) is 2.60. The van der Waals surface area contributed by atoms with Crippen molar-refractivity contribution in [3.8, 4) is 0 Å². The van der Waals surface area contributed by atoms with Crippen LogP contribution in [0.5, 0.6) is 0 Å². The lowest BCUT2D eigenvalue weighted by molar-refractivity contribution is 0.140. The minimum Gasteiger partial charge on any atom is -0.331 e. The second-order valence-corrected chi connectivity index (χ2v) is 5.89. The lowest BCUT2D eigenvalue weighted by Crippen LogP contribution is -2.39. The zero-order chi connectivity index (χ0) is 12.8. The zero-order valence-electron chi connectivity index (χ0n) is 10.6. The maximum absolute atomic E-state index is 6.01. The number of nitrogens with zero attached hydrogens (tertiary/aromatic N) is 2. The highest BCUT2D eigenvalue weighted by Gasteiger charge is 2.36. The van der Waals surface area contributed by atoms with Crippen LogP contribution in [0.1, 0.15) is 25.1 Å². The van der Waals surface area contributed by atoms with E-state index < -0.39 is 0 Å². The first-order valence-corrected chi connectivity index (χ1v) is 6.82. The summed E-state index contributed by atoms with van der Waals surface area (Å²) in [5, 5.41) is 0.740. The normalized spacial score (nSPS) is 17.9. The van der Waals surface area contributed by atoms with Gasteiger partial charge in [0, 0.05) is 18.5 Å². The highest BCUT2D eigenvalue weighted by atomic mass is 35.5. The maximum Gasteiger partial charge on any atom is 0.110 e. The predicted molar refractivity (Wildman–Crippen MR) is 74.8 cm³/mol. The summed E-state index contributed by atoms with van der Waals surface area (Å²) in [7, 11) is 2.07. The highest BCUT2D eigenvalue weighted by molar-refractivity contribution is 6.31. The molecule has 0 aliphatic heterocycles. The van der Waals surface area contributed by atoms with Crippen molar-refractivity contribution < 1.29 is 0 Å². The van der Waals surface area contributed by atoms with Gasteiger partial charge in [-0.3, -0.25) is 0 Å². The molecular formula is C14H18ClN3. The molecule has 1 fully saturated rings. The molecule has 0 radical (unpaired) electrons. The molecule has 1 aliphatic rings. The van der Waals surface area contributed by atoms with E-state index >= 15 is 0 Å².